The average Bonchev–Trinajstić information content (AvgIpc) is 3.08. The Morgan fingerprint density at radius 2 is 1.92 bits per heavy atom. The number of hydrogen-bond acceptors (Lipinski definition) is 5. The third-order valence-corrected chi connectivity index (χ3v) is 8.08. The van der Waals surface area contributed by atoms with Crippen molar-refractivity contribution in [1.29, 1.82) is 0 Å². The fourth-order valence-electron chi connectivity index (χ4n) is 3.19. The molecule has 2 aromatic rings. The fraction of sp³-hybridized carbons (Fsp3) is 0.278. The highest BCUT2D eigenvalue weighted by atomic mass is 35.5. The third-order valence-electron chi connectivity index (χ3n) is 4.48. The number of thioether (sulfide) groups is 1. The quantitative estimate of drug-likeness (QED) is 0.773. The number of para-hydroxylation sites is 1. The Morgan fingerprint density at radius 3 is 2.62 bits per heavy atom. The number of fused-ring (bicyclic) bond motifs is 1. The Bertz CT molecular complexity index is 946. The van der Waals surface area contributed by atoms with Gasteiger partial charge in [0.05, 0.1) is 24.1 Å². The highest BCUT2D eigenvalue weighted by Crippen LogP contribution is 2.37. The van der Waals surface area contributed by atoms with Gasteiger partial charge in [0.2, 0.25) is 0 Å². The Labute approximate surface area is 161 Å². The van der Waals surface area contributed by atoms with Gasteiger partial charge < -0.3 is 4.90 Å². The molecule has 4 rings (SSSR count). The lowest BCUT2D eigenvalue weighted by atomic mass is 10.2. The van der Waals surface area contributed by atoms with Crippen molar-refractivity contribution < 1.29 is 12.8 Å². The van der Waals surface area contributed by atoms with Crippen LogP contribution in [0.5, 0.6) is 0 Å². The predicted octanol–water partition coefficient (Wildman–Crippen LogP) is 3.75. The first-order valence-corrected chi connectivity index (χ1v) is 11.2. The molecule has 26 heavy (non-hydrogen) atoms. The largest absolute Gasteiger partial charge is 0.317 e. The van der Waals surface area contributed by atoms with Gasteiger partial charge in [-0.05, 0) is 24.3 Å². The summed E-state index contributed by atoms with van der Waals surface area (Å²) in [5.41, 5.74) is 1.26. The van der Waals surface area contributed by atoms with Crippen LogP contribution >= 0.6 is 23.4 Å². The molecule has 2 heterocycles. The average molecular weight is 411 g/mol. The van der Waals surface area contributed by atoms with Crippen molar-refractivity contribution in [3.8, 4) is 0 Å². The molecule has 0 N–H and O–H groups in total. The molecule has 4 nitrogen and oxygen atoms in total. The standard InChI is InChI=1S/C18H16ClFN2O2S2/c19-14-7-4-8-15(20)13(14)9-22(12-5-2-1-3-6-12)18-21-16-10-26(23,24)11-17(16)25-18/h1-8,16-17H,9-11H2/t16-,17-/m1/s1. The molecule has 2 aliphatic heterocycles. The van der Waals surface area contributed by atoms with E-state index in [1.54, 1.807) is 12.1 Å². The summed E-state index contributed by atoms with van der Waals surface area (Å²) in [5, 5.41) is 0.995. The van der Waals surface area contributed by atoms with Gasteiger partial charge in [0, 0.05) is 21.5 Å². The van der Waals surface area contributed by atoms with Gasteiger partial charge in [-0.3, -0.25) is 4.99 Å². The van der Waals surface area contributed by atoms with Crippen LogP contribution in [0.15, 0.2) is 53.5 Å². The van der Waals surface area contributed by atoms with E-state index in [4.69, 9.17) is 11.6 Å². The Kier molecular flexibility index (Phi) is 4.71. The van der Waals surface area contributed by atoms with Crippen molar-refractivity contribution in [3.05, 3.63) is 64.9 Å². The molecular formula is C18H16ClFN2O2S2. The van der Waals surface area contributed by atoms with Crippen LogP contribution in [-0.2, 0) is 16.4 Å². The van der Waals surface area contributed by atoms with Crippen molar-refractivity contribution >= 4 is 44.1 Å². The second-order valence-corrected chi connectivity index (χ2v) is 10.1. The van der Waals surface area contributed by atoms with E-state index in [1.807, 2.05) is 35.2 Å². The van der Waals surface area contributed by atoms with Gasteiger partial charge in [-0.25, -0.2) is 12.8 Å². The van der Waals surface area contributed by atoms with Crippen LogP contribution in [0.1, 0.15) is 5.56 Å². The third kappa shape index (κ3) is 3.48. The first-order valence-electron chi connectivity index (χ1n) is 8.13. The van der Waals surface area contributed by atoms with Gasteiger partial charge >= 0.3 is 0 Å². The lowest BCUT2D eigenvalue weighted by Gasteiger charge is -2.25. The highest BCUT2D eigenvalue weighted by molar-refractivity contribution is 8.15. The molecule has 0 unspecified atom stereocenters. The number of rotatable bonds is 3. The van der Waals surface area contributed by atoms with E-state index < -0.39 is 9.84 Å². The summed E-state index contributed by atoms with van der Waals surface area (Å²) in [6.45, 7) is 0.230. The lowest BCUT2D eigenvalue weighted by Crippen LogP contribution is -2.28. The van der Waals surface area contributed by atoms with E-state index >= 15 is 0 Å². The summed E-state index contributed by atoms with van der Waals surface area (Å²) in [5.74, 6) is -0.153. The van der Waals surface area contributed by atoms with E-state index in [1.165, 1.54) is 17.8 Å². The highest BCUT2D eigenvalue weighted by Gasteiger charge is 2.44. The number of sulfone groups is 1. The monoisotopic (exact) mass is 410 g/mol. The van der Waals surface area contributed by atoms with Gasteiger partial charge in [-0.1, -0.05) is 47.6 Å². The van der Waals surface area contributed by atoms with Crippen LogP contribution in [0, 0.1) is 5.82 Å². The summed E-state index contributed by atoms with van der Waals surface area (Å²) < 4.78 is 37.9. The zero-order chi connectivity index (χ0) is 18.3. The lowest BCUT2D eigenvalue weighted by molar-refractivity contribution is 0.601. The summed E-state index contributed by atoms with van der Waals surface area (Å²) >= 11 is 7.66. The van der Waals surface area contributed by atoms with Crippen LogP contribution in [0.2, 0.25) is 5.02 Å². The number of hydrogen-bond donors (Lipinski definition) is 0. The molecule has 0 saturated carbocycles. The zero-order valence-corrected chi connectivity index (χ0v) is 16.1. The van der Waals surface area contributed by atoms with Crippen LogP contribution in [-0.4, -0.2) is 36.4 Å². The Balaban J connectivity index is 1.69. The van der Waals surface area contributed by atoms with Crippen LogP contribution in [0.3, 0.4) is 0 Å². The topological polar surface area (TPSA) is 49.7 Å². The van der Waals surface area contributed by atoms with Gasteiger partial charge in [-0.15, -0.1) is 0 Å². The normalized spacial score (nSPS) is 23.5. The van der Waals surface area contributed by atoms with Crippen molar-refractivity contribution in [1.82, 2.24) is 0 Å². The zero-order valence-electron chi connectivity index (χ0n) is 13.7. The van der Waals surface area contributed by atoms with Crippen LogP contribution in [0.25, 0.3) is 0 Å². The Morgan fingerprint density at radius 1 is 1.15 bits per heavy atom. The molecule has 2 aliphatic rings. The number of anilines is 1. The molecule has 0 amide bonds. The SMILES string of the molecule is O=S1(=O)C[C@H]2N=C(N(Cc3c(F)cccc3Cl)c3ccccc3)S[C@@H]2C1. The number of aliphatic imine (C=N–C) groups is 1. The van der Waals surface area contributed by atoms with Crippen molar-refractivity contribution in [2.45, 2.75) is 17.8 Å². The predicted molar refractivity (Wildman–Crippen MR) is 105 cm³/mol. The van der Waals surface area contributed by atoms with Gasteiger partial charge in [0.15, 0.2) is 15.0 Å². The van der Waals surface area contributed by atoms with Gasteiger partial charge in [-0.2, -0.15) is 0 Å². The summed E-state index contributed by atoms with van der Waals surface area (Å²) in [4.78, 5) is 6.54. The number of halogens is 2. The van der Waals surface area contributed by atoms with Crippen LogP contribution in [0.4, 0.5) is 10.1 Å². The summed E-state index contributed by atoms with van der Waals surface area (Å²) in [6, 6.07) is 13.9. The van der Waals surface area contributed by atoms with Gasteiger partial charge in [0.25, 0.3) is 0 Å². The summed E-state index contributed by atoms with van der Waals surface area (Å²) in [7, 11) is -3.02. The smallest absolute Gasteiger partial charge is 0.164 e. The van der Waals surface area contributed by atoms with E-state index in [-0.39, 0.29) is 35.2 Å². The maximum atomic E-state index is 14.3. The van der Waals surface area contributed by atoms with E-state index in [0.29, 0.717) is 15.8 Å². The number of benzene rings is 2. The minimum absolute atomic E-state index is 0.0719. The molecule has 1 fully saturated rings. The van der Waals surface area contributed by atoms with Crippen molar-refractivity contribution in [2.24, 2.45) is 4.99 Å². The molecule has 2 atom stereocenters. The second-order valence-electron chi connectivity index (χ2n) is 6.33. The molecule has 8 heteroatoms. The van der Waals surface area contributed by atoms with E-state index in [9.17, 15) is 12.8 Å². The minimum atomic E-state index is -3.02. The number of amidine groups is 1. The summed E-state index contributed by atoms with van der Waals surface area (Å²) in [6.07, 6.45) is 0. The second kappa shape index (κ2) is 6.87. The van der Waals surface area contributed by atoms with E-state index in [2.05, 4.69) is 4.99 Å². The van der Waals surface area contributed by atoms with Gasteiger partial charge in [0.1, 0.15) is 5.82 Å². The molecular weight excluding hydrogens is 395 g/mol. The molecule has 136 valence electrons. The molecule has 1 saturated heterocycles. The molecule has 0 bridgehead atoms. The minimum Gasteiger partial charge on any atom is -0.317 e. The van der Waals surface area contributed by atoms with Crippen LogP contribution < -0.4 is 4.90 Å². The van der Waals surface area contributed by atoms with E-state index in [0.717, 1.165) is 5.69 Å². The first-order chi connectivity index (χ1) is 12.4. The first kappa shape index (κ1) is 17.8. The molecule has 0 spiro atoms. The molecule has 0 aromatic heterocycles. The molecule has 2 aromatic carbocycles. The maximum absolute atomic E-state index is 14.3. The molecule has 0 radical (unpaired) electrons. The maximum Gasteiger partial charge on any atom is 0.164 e. The molecule has 0 aliphatic carbocycles. The fourth-order valence-corrected chi connectivity index (χ4v) is 7.19. The van der Waals surface area contributed by atoms with Crippen molar-refractivity contribution in [2.75, 3.05) is 16.4 Å². The van der Waals surface area contributed by atoms with Crippen molar-refractivity contribution in [3.63, 3.8) is 0 Å². The Hall–Kier alpha value is -1.57. The number of nitrogens with zero attached hydrogens (tertiary/aromatic N) is 2.